The van der Waals surface area contributed by atoms with Gasteiger partial charge in [0.25, 0.3) is 0 Å². The van der Waals surface area contributed by atoms with E-state index in [1.54, 1.807) is 6.07 Å². The molecule has 0 aliphatic carbocycles. The van der Waals surface area contributed by atoms with E-state index in [1.165, 1.54) is 19.1 Å². The molecule has 108 valence electrons. The van der Waals surface area contributed by atoms with Crippen molar-refractivity contribution in [3.8, 4) is 0 Å². The van der Waals surface area contributed by atoms with E-state index in [-0.39, 0.29) is 39.3 Å². The smallest absolute Gasteiger partial charge is 0.181 e. The number of rotatable bonds is 6. The third-order valence-corrected chi connectivity index (χ3v) is 6.74. The lowest BCUT2D eigenvalue weighted by Crippen LogP contribution is -2.15. The third-order valence-electron chi connectivity index (χ3n) is 2.62. The normalized spacial score (nSPS) is 12.5. The molecule has 0 atom stereocenters. The van der Waals surface area contributed by atoms with Crippen LogP contribution in [0.4, 0.5) is 5.69 Å². The summed E-state index contributed by atoms with van der Waals surface area (Å²) in [5.41, 5.74) is 5.68. The van der Waals surface area contributed by atoms with Crippen molar-refractivity contribution in [1.82, 2.24) is 0 Å². The van der Waals surface area contributed by atoms with Crippen molar-refractivity contribution < 1.29 is 16.8 Å². The maximum Gasteiger partial charge on any atom is 0.181 e. The van der Waals surface area contributed by atoms with Crippen LogP contribution in [0.5, 0.6) is 0 Å². The highest BCUT2D eigenvalue weighted by molar-refractivity contribution is 7.92. The molecule has 0 aliphatic heterocycles. The SMILES string of the molecule is CCS(=O)(=O)CCCS(=O)(=O)c1c(N)cccc1Cl. The number of benzene rings is 1. The summed E-state index contributed by atoms with van der Waals surface area (Å²) in [7, 11) is -6.85. The summed E-state index contributed by atoms with van der Waals surface area (Å²) in [6.07, 6.45) is 0.0309. The molecule has 0 aromatic heterocycles. The van der Waals surface area contributed by atoms with Crippen LogP contribution in [0.25, 0.3) is 0 Å². The highest BCUT2D eigenvalue weighted by atomic mass is 35.5. The minimum absolute atomic E-state index is 0.00127. The Balaban J connectivity index is 2.89. The second kappa shape index (κ2) is 6.11. The van der Waals surface area contributed by atoms with E-state index in [9.17, 15) is 16.8 Å². The van der Waals surface area contributed by atoms with Gasteiger partial charge in [0.1, 0.15) is 14.7 Å². The van der Waals surface area contributed by atoms with Crippen molar-refractivity contribution >= 4 is 37.0 Å². The fraction of sp³-hybridized carbons (Fsp3) is 0.455. The van der Waals surface area contributed by atoms with Gasteiger partial charge in [0.15, 0.2) is 9.84 Å². The van der Waals surface area contributed by atoms with E-state index in [1.807, 2.05) is 0 Å². The van der Waals surface area contributed by atoms with Crippen LogP contribution in [0.2, 0.25) is 5.02 Å². The average molecular weight is 326 g/mol. The van der Waals surface area contributed by atoms with Gasteiger partial charge in [-0.3, -0.25) is 0 Å². The molecule has 0 radical (unpaired) electrons. The molecule has 0 aliphatic rings. The minimum atomic E-state index is -3.67. The molecular weight excluding hydrogens is 310 g/mol. The van der Waals surface area contributed by atoms with E-state index in [0.29, 0.717) is 0 Å². The molecule has 0 unspecified atom stereocenters. The van der Waals surface area contributed by atoms with Gasteiger partial charge >= 0.3 is 0 Å². The molecule has 1 aromatic carbocycles. The van der Waals surface area contributed by atoms with E-state index in [0.717, 1.165) is 0 Å². The number of nitrogen functional groups attached to an aromatic ring is 1. The lowest BCUT2D eigenvalue weighted by molar-refractivity contribution is 0.591. The number of hydrogen-bond acceptors (Lipinski definition) is 5. The van der Waals surface area contributed by atoms with E-state index in [4.69, 9.17) is 17.3 Å². The van der Waals surface area contributed by atoms with Crippen molar-refractivity contribution in [3.05, 3.63) is 23.2 Å². The second-order valence-corrected chi connectivity index (χ2v) is 8.99. The van der Waals surface area contributed by atoms with Gasteiger partial charge in [0, 0.05) is 5.75 Å². The molecule has 0 spiro atoms. The van der Waals surface area contributed by atoms with Crippen molar-refractivity contribution in [2.24, 2.45) is 0 Å². The molecule has 0 heterocycles. The summed E-state index contributed by atoms with van der Waals surface area (Å²) in [4.78, 5) is -0.120. The Hall–Kier alpha value is -0.790. The van der Waals surface area contributed by atoms with Crippen LogP contribution in [0, 0.1) is 0 Å². The summed E-state index contributed by atoms with van der Waals surface area (Å²) in [6.45, 7) is 1.52. The maximum atomic E-state index is 12.1. The molecule has 0 amide bonds. The summed E-state index contributed by atoms with van der Waals surface area (Å²) >= 11 is 5.83. The lowest BCUT2D eigenvalue weighted by Gasteiger charge is -2.09. The first-order chi connectivity index (χ1) is 8.69. The third kappa shape index (κ3) is 4.36. The van der Waals surface area contributed by atoms with Crippen LogP contribution in [0.3, 0.4) is 0 Å². The predicted octanol–water partition coefficient (Wildman–Crippen LogP) is 1.52. The molecule has 0 saturated heterocycles. The van der Waals surface area contributed by atoms with Gasteiger partial charge in [0.2, 0.25) is 0 Å². The Morgan fingerprint density at radius 1 is 1.16 bits per heavy atom. The first-order valence-corrected chi connectivity index (χ1v) is 9.52. The van der Waals surface area contributed by atoms with Crippen molar-refractivity contribution in [2.45, 2.75) is 18.2 Å². The molecular formula is C11H16ClNO4S2. The van der Waals surface area contributed by atoms with E-state index >= 15 is 0 Å². The molecule has 1 rings (SSSR count). The summed E-state index contributed by atoms with van der Waals surface area (Å²) in [5, 5.41) is 0.0540. The molecule has 0 fully saturated rings. The Morgan fingerprint density at radius 3 is 2.32 bits per heavy atom. The number of sulfone groups is 2. The zero-order chi connectivity index (χ0) is 14.7. The zero-order valence-corrected chi connectivity index (χ0v) is 12.9. The first-order valence-electron chi connectivity index (χ1n) is 5.67. The van der Waals surface area contributed by atoms with Gasteiger partial charge in [-0.15, -0.1) is 0 Å². The van der Waals surface area contributed by atoms with E-state index < -0.39 is 19.7 Å². The standard InChI is InChI=1S/C11H16ClNO4S2/c1-2-18(14,15)7-4-8-19(16,17)11-9(12)5-3-6-10(11)13/h3,5-6H,2,4,7-8,13H2,1H3. The van der Waals surface area contributed by atoms with Crippen LogP contribution in [-0.4, -0.2) is 34.1 Å². The van der Waals surface area contributed by atoms with Crippen molar-refractivity contribution in [2.75, 3.05) is 23.0 Å². The van der Waals surface area contributed by atoms with Crippen LogP contribution in [-0.2, 0) is 19.7 Å². The Kier molecular flexibility index (Phi) is 5.23. The molecule has 5 nitrogen and oxygen atoms in total. The quantitative estimate of drug-likeness (QED) is 0.800. The average Bonchev–Trinajstić information content (AvgIpc) is 2.27. The lowest BCUT2D eigenvalue weighted by atomic mass is 10.3. The Labute approximate surface area is 118 Å². The summed E-state index contributed by atoms with van der Waals surface area (Å²) in [5.74, 6) is -0.450. The van der Waals surface area contributed by atoms with Crippen LogP contribution in [0.1, 0.15) is 13.3 Å². The van der Waals surface area contributed by atoms with Crippen LogP contribution in [0.15, 0.2) is 23.1 Å². The van der Waals surface area contributed by atoms with Crippen molar-refractivity contribution in [3.63, 3.8) is 0 Å². The van der Waals surface area contributed by atoms with Gasteiger partial charge in [-0.2, -0.15) is 0 Å². The minimum Gasteiger partial charge on any atom is -0.398 e. The monoisotopic (exact) mass is 325 g/mol. The maximum absolute atomic E-state index is 12.1. The number of nitrogens with two attached hydrogens (primary N) is 1. The number of hydrogen-bond donors (Lipinski definition) is 1. The molecule has 0 bridgehead atoms. The van der Waals surface area contributed by atoms with Crippen molar-refractivity contribution in [1.29, 1.82) is 0 Å². The van der Waals surface area contributed by atoms with Gasteiger partial charge < -0.3 is 5.73 Å². The summed E-state index contributed by atoms with van der Waals surface area (Å²) < 4.78 is 46.8. The molecule has 1 aromatic rings. The van der Waals surface area contributed by atoms with Gasteiger partial charge in [0.05, 0.1) is 22.2 Å². The molecule has 8 heteroatoms. The Bertz CT molecular complexity index is 633. The second-order valence-electron chi connectivity index (χ2n) is 4.07. The van der Waals surface area contributed by atoms with Crippen LogP contribution < -0.4 is 5.73 Å². The van der Waals surface area contributed by atoms with Gasteiger partial charge in [-0.1, -0.05) is 24.6 Å². The van der Waals surface area contributed by atoms with Gasteiger partial charge in [-0.05, 0) is 18.6 Å². The number of halogens is 1. The fourth-order valence-electron chi connectivity index (χ4n) is 1.57. The molecule has 19 heavy (non-hydrogen) atoms. The molecule has 0 saturated carbocycles. The first kappa shape index (κ1) is 16.3. The summed E-state index contributed by atoms with van der Waals surface area (Å²) in [6, 6.07) is 4.44. The highest BCUT2D eigenvalue weighted by Gasteiger charge is 2.21. The largest absolute Gasteiger partial charge is 0.398 e. The Morgan fingerprint density at radius 2 is 1.79 bits per heavy atom. The predicted molar refractivity (Wildman–Crippen MR) is 76.9 cm³/mol. The van der Waals surface area contributed by atoms with Crippen LogP contribution >= 0.6 is 11.6 Å². The zero-order valence-electron chi connectivity index (χ0n) is 10.5. The van der Waals surface area contributed by atoms with E-state index in [2.05, 4.69) is 0 Å². The fourth-order valence-corrected chi connectivity index (χ4v) is 4.68. The molecule has 2 N–H and O–H groups in total. The number of anilines is 1. The highest BCUT2D eigenvalue weighted by Crippen LogP contribution is 2.28. The topological polar surface area (TPSA) is 94.3 Å². The van der Waals surface area contributed by atoms with Gasteiger partial charge in [-0.25, -0.2) is 16.8 Å².